The van der Waals surface area contributed by atoms with Crippen molar-refractivity contribution in [3.63, 3.8) is 0 Å². The Kier molecular flexibility index (Phi) is 5.73. The molecule has 0 saturated carbocycles. The summed E-state index contributed by atoms with van der Waals surface area (Å²) in [5.74, 6) is 0.867. The summed E-state index contributed by atoms with van der Waals surface area (Å²) < 4.78 is 5.18. The van der Waals surface area contributed by atoms with E-state index in [1.165, 1.54) is 6.33 Å². The summed E-state index contributed by atoms with van der Waals surface area (Å²) in [7, 11) is 0. The van der Waals surface area contributed by atoms with E-state index in [1.54, 1.807) is 0 Å². The molecule has 1 heterocycles. The van der Waals surface area contributed by atoms with Crippen LogP contribution in [0.5, 0.6) is 0 Å². The van der Waals surface area contributed by atoms with Gasteiger partial charge < -0.3 is 15.0 Å². The second-order valence-corrected chi connectivity index (χ2v) is 5.40. The summed E-state index contributed by atoms with van der Waals surface area (Å²) >= 11 is 0. The molecular formula is C14H24N4O2. The molecule has 1 rings (SSSR count). The lowest BCUT2D eigenvalue weighted by Gasteiger charge is -2.21. The maximum absolute atomic E-state index is 11.6. The zero-order valence-electron chi connectivity index (χ0n) is 12.9. The fourth-order valence-corrected chi connectivity index (χ4v) is 1.68. The van der Waals surface area contributed by atoms with Crippen LogP contribution >= 0.6 is 0 Å². The Morgan fingerprint density at radius 2 is 1.95 bits per heavy atom. The van der Waals surface area contributed by atoms with Crippen molar-refractivity contribution in [3.05, 3.63) is 18.1 Å². The van der Waals surface area contributed by atoms with E-state index >= 15 is 0 Å². The number of carbonyl (C=O) groups is 1. The van der Waals surface area contributed by atoms with Crippen LogP contribution in [-0.4, -0.2) is 34.8 Å². The van der Waals surface area contributed by atoms with Crippen LogP contribution < -0.4 is 10.2 Å². The number of hydrogen-bond donors (Lipinski definition) is 1. The van der Waals surface area contributed by atoms with Gasteiger partial charge in [0.25, 0.3) is 0 Å². The van der Waals surface area contributed by atoms with Crippen LogP contribution in [-0.2, 0) is 11.3 Å². The van der Waals surface area contributed by atoms with Crippen LogP contribution in [0.15, 0.2) is 12.4 Å². The first-order valence-electron chi connectivity index (χ1n) is 6.88. The average Bonchev–Trinajstić information content (AvgIpc) is 2.36. The molecule has 6 nitrogen and oxygen atoms in total. The lowest BCUT2D eigenvalue weighted by Crippen LogP contribution is -2.32. The molecular weight excluding hydrogens is 256 g/mol. The third-order valence-electron chi connectivity index (χ3n) is 2.61. The highest BCUT2D eigenvalue weighted by Crippen LogP contribution is 2.11. The van der Waals surface area contributed by atoms with Crippen molar-refractivity contribution in [1.82, 2.24) is 15.3 Å². The Morgan fingerprint density at radius 3 is 2.50 bits per heavy atom. The Bertz CT molecular complexity index is 439. The second-order valence-electron chi connectivity index (χ2n) is 5.40. The van der Waals surface area contributed by atoms with Gasteiger partial charge in [0.15, 0.2) is 0 Å². The largest absolute Gasteiger partial charge is 0.444 e. The van der Waals surface area contributed by atoms with E-state index in [0.717, 1.165) is 24.6 Å². The fourth-order valence-electron chi connectivity index (χ4n) is 1.68. The maximum Gasteiger partial charge on any atom is 0.407 e. The molecule has 1 N–H and O–H groups in total. The van der Waals surface area contributed by atoms with Crippen molar-refractivity contribution in [2.24, 2.45) is 0 Å². The molecule has 0 unspecified atom stereocenters. The fraction of sp³-hybridized carbons (Fsp3) is 0.643. The third-order valence-corrected chi connectivity index (χ3v) is 2.61. The molecule has 0 aromatic carbocycles. The van der Waals surface area contributed by atoms with E-state index in [-0.39, 0.29) is 0 Å². The van der Waals surface area contributed by atoms with Crippen LogP contribution in [0.25, 0.3) is 0 Å². The predicted octanol–water partition coefficient (Wildman–Crippen LogP) is 2.35. The Balaban J connectivity index is 2.61. The minimum atomic E-state index is -0.498. The number of ether oxygens (including phenoxy) is 1. The number of aromatic nitrogens is 2. The molecule has 0 radical (unpaired) electrons. The van der Waals surface area contributed by atoms with Gasteiger partial charge in [-0.05, 0) is 34.6 Å². The minimum Gasteiger partial charge on any atom is -0.444 e. The topological polar surface area (TPSA) is 67.4 Å². The van der Waals surface area contributed by atoms with Gasteiger partial charge in [-0.2, -0.15) is 0 Å². The molecule has 0 aliphatic carbocycles. The van der Waals surface area contributed by atoms with Crippen LogP contribution in [0.4, 0.5) is 10.6 Å². The number of amides is 1. The van der Waals surface area contributed by atoms with Crippen LogP contribution in [0.2, 0.25) is 0 Å². The monoisotopic (exact) mass is 280 g/mol. The molecule has 0 spiro atoms. The lowest BCUT2D eigenvalue weighted by molar-refractivity contribution is 0.0523. The highest BCUT2D eigenvalue weighted by molar-refractivity contribution is 5.67. The van der Waals surface area contributed by atoms with Crippen LogP contribution in [0, 0.1) is 0 Å². The summed E-state index contributed by atoms with van der Waals surface area (Å²) in [6, 6.07) is 1.88. The van der Waals surface area contributed by atoms with Crippen molar-refractivity contribution in [1.29, 1.82) is 0 Å². The van der Waals surface area contributed by atoms with E-state index in [2.05, 4.69) is 34.0 Å². The van der Waals surface area contributed by atoms with Gasteiger partial charge in [-0.1, -0.05) is 0 Å². The SMILES string of the molecule is CCN(CC)c1cc(CNC(=O)OC(C)(C)C)ncn1. The summed E-state index contributed by atoms with van der Waals surface area (Å²) in [6.45, 7) is 11.7. The van der Waals surface area contributed by atoms with Crippen molar-refractivity contribution < 1.29 is 9.53 Å². The van der Waals surface area contributed by atoms with E-state index in [1.807, 2.05) is 26.8 Å². The smallest absolute Gasteiger partial charge is 0.407 e. The summed E-state index contributed by atoms with van der Waals surface area (Å²) in [4.78, 5) is 22.1. The van der Waals surface area contributed by atoms with Gasteiger partial charge >= 0.3 is 6.09 Å². The number of alkyl carbamates (subject to hydrolysis) is 1. The molecule has 1 amide bonds. The first kappa shape index (κ1) is 16.2. The molecule has 0 bridgehead atoms. The molecule has 112 valence electrons. The number of rotatable bonds is 5. The number of hydrogen-bond acceptors (Lipinski definition) is 5. The number of carbonyl (C=O) groups excluding carboxylic acids is 1. The molecule has 1 aromatic heterocycles. The van der Waals surface area contributed by atoms with Crippen molar-refractivity contribution >= 4 is 11.9 Å². The van der Waals surface area contributed by atoms with Gasteiger partial charge in [-0.25, -0.2) is 14.8 Å². The molecule has 0 fully saturated rings. The van der Waals surface area contributed by atoms with E-state index in [9.17, 15) is 4.79 Å². The van der Waals surface area contributed by atoms with Crippen LogP contribution in [0.1, 0.15) is 40.3 Å². The van der Waals surface area contributed by atoms with Crippen molar-refractivity contribution in [3.8, 4) is 0 Å². The maximum atomic E-state index is 11.6. The summed E-state index contributed by atoms with van der Waals surface area (Å²) in [5.41, 5.74) is 0.259. The van der Waals surface area contributed by atoms with Gasteiger partial charge in [-0.3, -0.25) is 0 Å². The summed E-state index contributed by atoms with van der Waals surface area (Å²) in [5, 5.41) is 2.69. The first-order chi connectivity index (χ1) is 9.35. The normalized spacial score (nSPS) is 11.1. The molecule has 1 aromatic rings. The quantitative estimate of drug-likeness (QED) is 0.896. The number of nitrogens with one attached hydrogen (secondary N) is 1. The molecule has 0 saturated heterocycles. The second kappa shape index (κ2) is 7.07. The number of anilines is 1. The highest BCUT2D eigenvalue weighted by atomic mass is 16.6. The van der Waals surface area contributed by atoms with E-state index in [4.69, 9.17) is 4.74 Å². The Hall–Kier alpha value is -1.85. The van der Waals surface area contributed by atoms with Crippen molar-refractivity contribution in [2.45, 2.75) is 46.8 Å². The van der Waals surface area contributed by atoms with Gasteiger partial charge in [0.1, 0.15) is 17.7 Å². The molecule has 0 atom stereocenters. The van der Waals surface area contributed by atoms with Gasteiger partial charge in [-0.15, -0.1) is 0 Å². The molecule has 6 heteroatoms. The molecule has 0 aliphatic heterocycles. The Morgan fingerprint density at radius 1 is 1.30 bits per heavy atom. The zero-order chi connectivity index (χ0) is 15.2. The standard InChI is InChI=1S/C14H24N4O2/c1-6-18(7-2)12-8-11(16-10-17-12)9-15-13(19)20-14(3,4)5/h8,10H,6-7,9H2,1-5H3,(H,15,19). The molecule has 0 aliphatic rings. The van der Waals surface area contributed by atoms with E-state index < -0.39 is 11.7 Å². The van der Waals surface area contributed by atoms with Crippen molar-refractivity contribution in [2.75, 3.05) is 18.0 Å². The van der Waals surface area contributed by atoms with Crippen LogP contribution in [0.3, 0.4) is 0 Å². The minimum absolute atomic E-state index is 0.325. The molecule has 20 heavy (non-hydrogen) atoms. The number of nitrogens with zero attached hydrogens (tertiary/aromatic N) is 3. The van der Waals surface area contributed by atoms with Gasteiger partial charge in [0.05, 0.1) is 12.2 Å². The van der Waals surface area contributed by atoms with Gasteiger partial charge in [0.2, 0.25) is 0 Å². The predicted molar refractivity (Wildman–Crippen MR) is 78.7 cm³/mol. The zero-order valence-corrected chi connectivity index (χ0v) is 12.9. The lowest BCUT2D eigenvalue weighted by atomic mass is 10.2. The average molecular weight is 280 g/mol. The van der Waals surface area contributed by atoms with E-state index in [0.29, 0.717) is 6.54 Å². The highest BCUT2D eigenvalue weighted by Gasteiger charge is 2.16. The summed E-state index contributed by atoms with van der Waals surface area (Å²) in [6.07, 6.45) is 1.07. The third kappa shape index (κ3) is 5.42. The first-order valence-corrected chi connectivity index (χ1v) is 6.88. The Labute approximate surface area is 120 Å². The van der Waals surface area contributed by atoms with Gasteiger partial charge in [0, 0.05) is 19.2 Å².